The Morgan fingerprint density at radius 3 is 2.32 bits per heavy atom. The van der Waals surface area contributed by atoms with E-state index < -0.39 is 0 Å². The molecule has 0 spiro atoms. The number of hydrogen-bond donors (Lipinski definition) is 0. The molecular weight excluding hydrogens is 242 g/mol. The zero-order chi connectivity index (χ0) is 14.8. The number of rotatable bonds is 7. The van der Waals surface area contributed by atoms with E-state index in [9.17, 15) is 14.4 Å². The number of likely N-dealkylation sites (tertiary alicyclic amines) is 1. The van der Waals surface area contributed by atoms with E-state index in [4.69, 9.17) is 0 Å². The maximum absolute atomic E-state index is 11.8. The molecule has 0 N–H and O–H groups in total. The molecule has 1 saturated heterocycles. The first-order valence-electron chi connectivity index (χ1n) is 7.40. The van der Waals surface area contributed by atoms with Crippen molar-refractivity contribution >= 4 is 17.6 Å². The average Bonchev–Trinajstić information content (AvgIpc) is 2.67. The molecule has 110 valence electrons. The number of imide groups is 1. The number of carbonyl (C=O) groups is 3. The summed E-state index contributed by atoms with van der Waals surface area (Å²) in [5.41, 5.74) is 0. The Morgan fingerprint density at radius 1 is 1.21 bits per heavy atom. The molecule has 0 radical (unpaired) electrons. The zero-order valence-corrected chi connectivity index (χ0v) is 12.7. The summed E-state index contributed by atoms with van der Waals surface area (Å²) in [7, 11) is 0. The molecule has 0 aromatic rings. The van der Waals surface area contributed by atoms with Crippen LogP contribution in [-0.2, 0) is 14.4 Å². The Labute approximate surface area is 116 Å². The van der Waals surface area contributed by atoms with Gasteiger partial charge in [-0.25, -0.2) is 0 Å². The minimum absolute atomic E-state index is 0.0101. The SMILES string of the molecule is CC.CCC1CC(=O)N(CCCCCC(C)=O)C1=O. The lowest BCUT2D eigenvalue weighted by molar-refractivity contribution is -0.139. The van der Waals surface area contributed by atoms with Crippen LogP contribution in [0.25, 0.3) is 0 Å². The van der Waals surface area contributed by atoms with Crippen LogP contribution in [0.1, 0.15) is 66.2 Å². The smallest absolute Gasteiger partial charge is 0.232 e. The van der Waals surface area contributed by atoms with E-state index in [1.165, 1.54) is 4.90 Å². The van der Waals surface area contributed by atoms with E-state index >= 15 is 0 Å². The van der Waals surface area contributed by atoms with Crippen LogP contribution < -0.4 is 0 Å². The maximum atomic E-state index is 11.8. The quantitative estimate of drug-likeness (QED) is 0.527. The molecule has 2 amide bonds. The van der Waals surface area contributed by atoms with Gasteiger partial charge in [0.25, 0.3) is 0 Å². The molecule has 4 nitrogen and oxygen atoms in total. The minimum Gasteiger partial charge on any atom is -0.300 e. The van der Waals surface area contributed by atoms with Gasteiger partial charge in [-0.3, -0.25) is 14.5 Å². The van der Waals surface area contributed by atoms with Gasteiger partial charge < -0.3 is 4.79 Å². The van der Waals surface area contributed by atoms with E-state index in [1.54, 1.807) is 6.92 Å². The van der Waals surface area contributed by atoms with Gasteiger partial charge in [-0.1, -0.05) is 27.2 Å². The molecule has 0 bridgehead atoms. The van der Waals surface area contributed by atoms with Crippen LogP contribution in [0.3, 0.4) is 0 Å². The lowest BCUT2D eigenvalue weighted by Crippen LogP contribution is -2.31. The first-order valence-corrected chi connectivity index (χ1v) is 7.40. The highest BCUT2D eigenvalue weighted by molar-refractivity contribution is 6.03. The Hall–Kier alpha value is -1.19. The lowest BCUT2D eigenvalue weighted by Gasteiger charge is -2.14. The molecule has 1 heterocycles. The summed E-state index contributed by atoms with van der Waals surface area (Å²) < 4.78 is 0. The summed E-state index contributed by atoms with van der Waals surface area (Å²) in [5, 5.41) is 0. The highest BCUT2D eigenvalue weighted by Gasteiger charge is 2.36. The molecule has 1 aliphatic rings. The van der Waals surface area contributed by atoms with Gasteiger partial charge in [0.05, 0.1) is 0 Å². The van der Waals surface area contributed by atoms with E-state index in [-0.39, 0.29) is 23.5 Å². The van der Waals surface area contributed by atoms with Gasteiger partial charge >= 0.3 is 0 Å². The van der Waals surface area contributed by atoms with Gasteiger partial charge in [0.1, 0.15) is 5.78 Å². The third-order valence-corrected chi connectivity index (χ3v) is 3.24. The van der Waals surface area contributed by atoms with Gasteiger partial charge in [-0.2, -0.15) is 0 Å². The number of Topliss-reactive ketones (excluding diaryl/α,β-unsaturated/α-hetero) is 1. The second kappa shape index (κ2) is 9.70. The summed E-state index contributed by atoms with van der Waals surface area (Å²) in [5.74, 6) is 0.0570. The topological polar surface area (TPSA) is 54.5 Å². The van der Waals surface area contributed by atoms with E-state index in [0.717, 1.165) is 25.7 Å². The third-order valence-electron chi connectivity index (χ3n) is 3.24. The van der Waals surface area contributed by atoms with Crippen LogP contribution in [0.5, 0.6) is 0 Å². The predicted octanol–water partition coefficient (Wildman–Crippen LogP) is 2.95. The van der Waals surface area contributed by atoms with Crippen molar-refractivity contribution in [1.82, 2.24) is 4.90 Å². The van der Waals surface area contributed by atoms with Crippen LogP contribution >= 0.6 is 0 Å². The molecule has 1 aliphatic heterocycles. The van der Waals surface area contributed by atoms with Crippen molar-refractivity contribution in [1.29, 1.82) is 0 Å². The van der Waals surface area contributed by atoms with Crippen LogP contribution in [0.2, 0.25) is 0 Å². The number of unbranched alkanes of at least 4 members (excludes halogenated alkanes) is 2. The fourth-order valence-electron chi connectivity index (χ4n) is 2.13. The number of nitrogens with zero attached hydrogens (tertiary/aromatic N) is 1. The fraction of sp³-hybridized carbons (Fsp3) is 0.800. The summed E-state index contributed by atoms with van der Waals surface area (Å²) >= 11 is 0. The Bertz CT molecular complexity index is 313. The van der Waals surface area contributed by atoms with Gasteiger partial charge in [0.2, 0.25) is 11.8 Å². The average molecular weight is 269 g/mol. The summed E-state index contributed by atoms with van der Waals surface area (Å²) in [6.07, 6.45) is 4.27. The number of carbonyl (C=O) groups excluding carboxylic acids is 3. The molecule has 1 unspecified atom stereocenters. The number of hydrogen-bond acceptors (Lipinski definition) is 3. The monoisotopic (exact) mass is 269 g/mol. The van der Waals surface area contributed by atoms with Crippen LogP contribution in [0.15, 0.2) is 0 Å². The molecule has 1 rings (SSSR count). The lowest BCUT2D eigenvalue weighted by atomic mass is 10.1. The van der Waals surface area contributed by atoms with Gasteiger partial charge in [0, 0.05) is 25.3 Å². The van der Waals surface area contributed by atoms with Crippen LogP contribution in [0.4, 0.5) is 0 Å². The second-order valence-electron chi connectivity index (χ2n) is 4.71. The molecule has 0 aliphatic carbocycles. The standard InChI is InChI=1S/C13H21NO3.C2H6/c1-3-11-9-12(16)14(13(11)17)8-6-4-5-7-10(2)15;1-2/h11H,3-9H2,1-2H3;1-2H3. The molecule has 1 atom stereocenters. The molecular formula is C15H27NO3. The van der Waals surface area contributed by atoms with Gasteiger partial charge in [-0.05, 0) is 26.2 Å². The Morgan fingerprint density at radius 2 is 1.84 bits per heavy atom. The van der Waals surface area contributed by atoms with E-state index in [1.807, 2.05) is 20.8 Å². The minimum atomic E-state index is -0.0975. The normalized spacial score (nSPS) is 18.3. The van der Waals surface area contributed by atoms with Crippen molar-refractivity contribution in [3.8, 4) is 0 Å². The van der Waals surface area contributed by atoms with Crippen LogP contribution in [0, 0.1) is 5.92 Å². The number of ketones is 1. The molecule has 0 aromatic heterocycles. The molecule has 4 heteroatoms. The number of amides is 2. The third kappa shape index (κ3) is 5.99. The van der Waals surface area contributed by atoms with Crippen molar-refractivity contribution in [2.45, 2.75) is 66.2 Å². The Balaban J connectivity index is 0.00000154. The predicted molar refractivity (Wildman–Crippen MR) is 75.6 cm³/mol. The summed E-state index contributed by atoms with van der Waals surface area (Å²) in [6, 6.07) is 0. The highest BCUT2D eigenvalue weighted by atomic mass is 16.2. The van der Waals surface area contributed by atoms with Crippen molar-refractivity contribution in [3.63, 3.8) is 0 Å². The van der Waals surface area contributed by atoms with E-state index in [2.05, 4.69) is 0 Å². The van der Waals surface area contributed by atoms with Crippen LogP contribution in [-0.4, -0.2) is 29.0 Å². The van der Waals surface area contributed by atoms with Crippen molar-refractivity contribution in [2.75, 3.05) is 6.54 Å². The largest absolute Gasteiger partial charge is 0.300 e. The van der Waals surface area contributed by atoms with Gasteiger partial charge in [-0.15, -0.1) is 0 Å². The molecule has 0 saturated carbocycles. The fourth-order valence-corrected chi connectivity index (χ4v) is 2.13. The maximum Gasteiger partial charge on any atom is 0.232 e. The second-order valence-corrected chi connectivity index (χ2v) is 4.71. The Kier molecular flexibility index (Phi) is 9.09. The first-order chi connectivity index (χ1) is 9.06. The van der Waals surface area contributed by atoms with E-state index in [0.29, 0.717) is 19.4 Å². The molecule has 1 fully saturated rings. The van der Waals surface area contributed by atoms with Crippen molar-refractivity contribution in [3.05, 3.63) is 0 Å². The van der Waals surface area contributed by atoms with Crippen molar-refractivity contribution in [2.24, 2.45) is 5.92 Å². The molecule has 0 aromatic carbocycles. The first kappa shape index (κ1) is 17.8. The zero-order valence-electron chi connectivity index (χ0n) is 12.7. The summed E-state index contributed by atoms with van der Waals surface area (Å²) in [6.45, 7) is 8.04. The molecule has 19 heavy (non-hydrogen) atoms. The van der Waals surface area contributed by atoms with Crippen molar-refractivity contribution < 1.29 is 14.4 Å². The highest BCUT2D eigenvalue weighted by Crippen LogP contribution is 2.22. The van der Waals surface area contributed by atoms with Gasteiger partial charge in [0.15, 0.2) is 0 Å². The summed E-state index contributed by atoms with van der Waals surface area (Å²) in [4.78, 5) is 35.5.